The zero-order valence-corrected chi connectivity index (χ0v) is 15.2. The molecule has 0 atom stereocenters. The van der Waals surface area contributed by atoms with Gasteiger partial charge in [0.1, 0.15) is 0 Å². The molecule has 6 aromatic rings. The van der Waals surface area contributed by atoms with E-state index < -0.39 is 0 Å². The molecule has 0 nitrogen and oxygen atoms in total. The maximum absolute atomic E-state index is 3.71. The van der Waals surface area contributed by atoms with Crippen molar-refractivity contribution in [2.75, 3.05) is 0 Å². The first-order chi connectivity index (χ1) is 13.9. The van der Waals surface area contributed by atoms with E-state index in [1.54, 1.807) is 0 Å². The smallest absolute Gasteiger partial charge is 0.000718 e. The molecular weight excluding hydrogens is 336 g/mol. The maximum Gasteiger partial charge on any atom is -0.000718 e. The van der Waals surface area contributed by atoms with Gasteiger partial charge in [-0.15, -0.1) is 0 Å². The molecule has 0 aliphatic rings. The van der Waals surface area contributed by atoms with Gasteiger partial charge in [0.05, 0.1) is 0 Å². The Bertz CT molecular complexity index is 1390. The number of benzene rings is 6. The van der Waals surface area contributed by atoms with Gasteiger partial charge >= 0.3 is 0 Å². The minimum atomic E-state index is 1.12. The van der Waals surface area contributed by atoms with E-state index in [1.165, 1.54) is 32.3 Å². The zero-order valence-electron chi connectivity index (χ0n) is 15.2. The Hall–Kier alpha value is -3.64. The fourth-order valence-electron chi connectivity index (χ4n) is 4.32. The van der Waals surface area contributed by atoms with Crippen LogP contribution in [0.3, 0.4) is 0 Å². The van der Waals surface area contributed by atoms with Crippen molar-refractivity contribution in [2.24, 2.45) is 0 Å². The highest BCUT2D eigenvalue weighted by Gasteiger charge is 2.13. The topological polar surface area (TPSA) is 0 Å². The summed E-state index contributed by atoms with van der Waals surface area (Å²) in [7, 11) is 0. The Labute approximate surface area is 163 Å². The van der Waals surface area contributed by atoms with Gasteiger partial charge in [-0.05, 0) is 66.3 Å². The molecule has 0 heterocycles. The second-order valence-electron chi connectivity index (χ2n) is 7.18. The summed E-state index contributed by atoms with van der Waals surface area (Å²) in [6.07, 6.45) is 0. The van der Waals surface area contributed by atoms with Crippen molar-refractivity contribution < 1.29 is 0 Å². The van der Waals surface area contributed by atoms with E-state index in [9.17, 15) is 0 Å². The summed E-state index contributed by atoms with van der Waals surface area (Å²) >= 11 is 0. The fourth-order valence-corrected chi connectivity index (χ4v) is 4.32. The van der Waals surface area contributed by atoms with Crippen LogP contribution in [0.25, 0.3) is 54.2 Å². The third-order valence-corrected chi connectivity index (χ3v) is 5.60. The van der Waals surface area contributed by atoms with Crippen molar-refractivity contribution in [1.29, 1.82) is 0 Å². The van der Waals surface area contributed by atoms with E-state index in [2.05, 4.69) is 109 Å². The zero-order chi connectivity index (χ0) is 18.5. The molecule has 0 aliphatic heterocycles. The van der Waals surface area contributed by atoms with Gasteiger partial charge in [0.15, 0.2) is 0 Å². The number of fused-ring (bicyclic) bond motifs is 6. The van der Waals surface area contributed by atoms with Gasteiger partial charge in [0, 0.05) is 0 Å². The molecule has 6 aromatic carbocycles. The first kappa shape index (κ1) is 15.4. The maximum atomic E-state index is 3.71. The van der Waals surface area contributed by atoms with E-state index in [1.807, 2.05) is 0 Å². The predicted octanol–water partition coefficient (Wildman–Crippen LogP) is 7.57. The molecule has 0 heteroatoms. The highest BCUT2D eigenvalue weighted by Crippen LogP contribution is 2.39. The lowest BCUT2D eigenvalue weighted by atomic mass is 9.89. The first-order valence-corrected chi connectivity index (χ1v) is 9.56. The van der Waals surface area contributed by atoms with Gasteiger partial charge in [0.2, 0.25) is 0 Å². The highest BCUT2D eigenvalue weighted by atomic mass is 14.2. The van der Waals surface area contributed by atoms with Crippen LogP contribution in [0.1, 0.15) is 0 Å². The second-order valence-corrected chi connectivity index (χ2v) is 7.18. The summed E-state index contributed by atoms with van der Waals surface area (Å²) in [6, 6.07) is 41.7. The van der Waals surface area contributed by atoms with Crippen molar-refractivity contribution in [3.63, 3.8) is 0 Å². The SMILES string of the molecule is [c]1c(-c2[c]c3ccccc3c3ccccc23)c2ccccc2c2ccccc12. The van der Waals surface area contributed by atoms with Gasteiger partial charge < -0.3 is 0 Å². The summed E-state index contributed by atoms with van der Waals surface area (Å²) < 4.78 is 0. The van der Waals surface area contributed by atoms with E-state index in [-0.39, 0.29) is 0 Å². The van der Waals surface area contributed by atoms with Crippen LogP contribution in [-0.4, -0.2) is 0 Å². The van der Waals surface area contributed by atoms with Gasteiger partial charge in [0.25, 0.3) is 0 Å². The van der Waals surface area contributed by atoms with Crippen LogP contribution in [0.4, 0.5) is 0 Å². The summed E-state index contributed by atoms with van der Waals surface area (Å²) in [5.41, 5.74) is 2.24. The van der Waals surface area contributed by atoms with Crippen molar-refractivity contribution in [3.8, 4) is 11.1 Å². The van der Waals surface area contributed by atoms with E-state index >= 15 is 0 Å². The van der Waals surface area contributed by atoms with Crippen LogP contribution in [0.2, 0.25) is 0 Å². The summed E-state index contributed by atoms with van der Waals surface area (Å²) in [4.78, 5) is 0. The van der Waals surface area contributed by atoms with Gasteiger partial charge in [-0.1, -0.05) is 97.1 Å². The molecule has 28 heavy (non-hydrogen) atoms. The van der Waals surface area contributed by atoms with Crippen LogP contribution in [0.15, 0.2) is 97.1 Å². The first-order valence-electron chi connectivity index (χ1n) is 9.56. The molecule has 0 aromatic heterocycles. The normalized spacial score (nSPS) is 11.6. The van der Waals surface area contributed by atoms with Crippen LogP contribution >= 0.6 is 0 Å². The summed E-state index contributed by atoms with van der Waals surface area (Å²) in [5, 5.41) is 9.73. The van der Waals surface area contributed by atoms with E-state index in [0.717, 1.165) is 21.9 Å². The third kappa shape index (κ3) is 2.18. The van der Waals surface area contributed by atoms with Crippen molar-refractivity contribution >= 4 is 43.1 Å². The monoisotopic (exact) mass is 352 g/mol. The summed E-state index contributed by atoms with van der Waals surface area (Å²) in [6.45, 7) is 0. The van der Waals surface area contributed by atoms with Gasteiger partial charge in [-0.3, -0.25) is 0 Å². The fraction of sp³-hybridized carbons (Fsp3) is 0. The Balaban J connectivity index is 1.84. The lowest BCUT2D eigenvalue weighted by molar-refractivity contribution is 1.70. The molecule has 0 fully saturated rings. The summed E-state index contributed by atoms with van der Waals surface area (Å²) in [5.74, 6) is 0. The lowest BCUT2D eigenvalue weighted by Crippen LogP contribution is -1.88. The average molecular weight is 352 g/mol. The van der Waals surface area contributed by atoms with E-state index in [4.69, 9.17) is 0 Å². The highest BCUT2D eigenvalue weighted by molar-refractivity contribution is 6.19. The van der Waals surface area contributed by atoms with Gasteiger partial charge in [-0.25, -0.2) is 0 Å². The molecule has 2 radical (unpaired) electrons. The van der Waals surface area contributed by atoms with Crippen molar-refractivity contribution in [3.05, 3.63) is 109 Å². The molecule has 0 amide bonds. The molecule has 0 saturated heterocycles. The molecule has 0 spiro atoms. The average Bonchev–Trinajstić information content (AvgIpc) is 2.78. The molecule has 0 bridgehead atoms. The Morgan fingerprint density at radius 2 is 0.643 bits per heavy atom. The molecule has 0 saturated carbocycles. The Morgan fingerprint density at radius 1 is 0.321 bits per heavy atom. The van der Waals surface area contributed by atoms with Crippen LogP contribution in [0.5, 0.6) is 0 Å². The van der Waals surface area contributed by atoms with Gasteiger partial charge in [-0.2, -0.15) is 0 Å². The van der Waals surface area contributed by atoms with E-state index in [0.29, 0.717) is 0 Å². The second kappa shape index (κ2) is 5.94. The molecule has 0 unspecified atom stereocenters. The van der Waals surface area contributed by atoms with Crippen molar-refractivity contribution in [1.82, 2.24) is 0 Å². The number of hydrogen-bond donors (Lipinski definition) is 0. The molecule has 0 aliphatic carbocycles. The minimum absolute atomic E-state index is 1.12. The van der Waals surface area contributed by atoms with Crippen LogP contribution in [0, 0.1) is 12.1 Å². The van der Waals surface area contributed by atoms with Crippen LogP contribution in [-0.2, 0) is 0 Å². The standard InChI is InChI=1S/C28H16/c1-3-11-21-19(9-1)17-27(25-15-7-5-13-23(21)25)28-18-20-10-2-4-12-22(20)24-14-6-8-16-26(24)28/h1-16H. The lowest BCUT2D eigenvalue weighted by Gasteiger charge is -2.14. The molecule has 6 rings (SSSR count). The van der Waals surface area contributed by atoms with Crippen molar-refractivity contribution in [2.45, 2.75) is 0 Å². The molecular formula is C28H16. The number of hydrogen-bond acceptors (Lipinski definition) is 0. The minimum Gasteiger partial charge on any atom is -0.0616 e. The molecule has 0 N–H and O–H groups in total. The quantitative estimate of drug-likeness (QED) is 0.268. The largest absolute Gasteiger partial charge is 0.0616 e. The predicted molar refractivity (Wildman–Crippen MR) is 120 cm³/mol. The van der Waals surface area contributed by atoms with Crippen LogP contribution < -0.4 is 0 Å². The molecule has 128 valence electrons. The Morgan fingerprint density at radius 3 is 1.07 bits per heavy atom. The third-order valence-electron chi connectivity index (χ3n) is 5.60. The number of rotatable bonds is 1. The Kier molecular flexibility index (Phi) is 3.27.